The minimum atomic E-state index is 0.135. The average Bonchev–Trinajstić information content (AvgIpc) is 2.95. The standard InChI is InChI=1S/C22H25ClN2O/c23-19-3-1-18(2-4-19)22-7-9-24(10-8-22)16-17-15-20(5-6-21(17)22)25-11-13-26-14-12-25/h1-6,15H,7-14,16H2. The fourth-order valence-electron chi connectivity index (χ4n) is 5.01. The van der Waals surface area contributed by atoms with Crippen LogP contribution in [0.2, 0.25) is 5.02 Å². The highest BCUT2D eigenvalue weighted by atomic mass is 35.5. The third-order valence-electron chi connectivity index (χ3n) is 6.48. The molecular weight excluding hydrogens is 344 g/mol. The number of hydrogen-bond acceptors (Lipinski definition) is 3. The van der Waals surface area contributed by atoms with E-state index in [-0.39, 0.29) is 5.41 Å². The Morgan fingerprint density at radius 2 is 1.62 bits per heavy atom. The van der Waals surface area contributed by atoms with Crippen LogP contribution >= 0.6 is 11.6 Å². The Hall–Kier alpha value is -1.55. The summed E-state index contributed by atoms with van der Waals surface area (Å²) in [5.74, 6) is 0. The van der Waals surface area contributed by atoms with Gasteiger partial charge in [-0.15, -0.1) is 0 Å². The zero-order valence-corrected chi connectivity index (χ0v) is 15.8. The van der Waals surface area contributed by atoms with Crippen LogP contribution in [0.3, 0.4) is 0 Å². The van der Waals surface area contributed by atoms with Gasteiger partial charge in [0, 0.05) is 35.8 Å². The van der Waals surface area contributed by atoms with Crippen LogP contribution in [0, 0.1) is 0 Å². The maximum Gasteiger partial charge on any atom is 0.0642 e. The van der Waals surface area contributed by atoms with Gasteiger partial charge in [0.15, 0.2) is 0 Å². The quantitative estimate of drug-likeness (QED) is 0.794. The van der Waals surface area contributed by atoms with Gasteiger partial charge in [0.05, 0.1) is 13.2 Å². The van der Waals surface area contributed by atoms with E-state index in [4.69, 9.17) is 16.3 Å². The van der Waals surface area contributed by atoms with Crippen LogP contribution in [0.1, 0.15) is 29.5 Å². The molecule has 0 aliphatic carbocycles. The highest BCUT2D eigenvalue weighted by Crippen LogP contribution is 2.47. The van der Waals surface area contributed by atoms with E-state index in [0.717, 1.165) is 37.9 Å². The summed E-state index contributed by atoms with van der Waals surface area (Å²) in [5, 5.41) is 0.819. The molecule has 0 spiro atoms. The zero-order valence-electron chi connectivity index (χ0n) is 15.1. The van der Waals surface area contributed by atoms with Crippen molar-refractivity contribution in [1.82, 2.24) is 4.90 Å². The van der Waals surface area contributed by atoms with E-state index >= 15 is 0 Å². The molecule has 3 nitrogen and oxygen atoms in total. The molecule has 2 aromatic rings. The topological polar surface area (TPSA) is 15.7 Å². The van der Waals surface area contributed by atoms with Crippen molar-refractivity contribution < 1.29 is 4.74 Å². The molecule has 0 saturated carbocycles. The predicted octanol–water partition coefficient (Wildman–Crippen LogP) is 4.07. The van der Waals surface area contributed by atoms with Crippen molar-refractivity contribution in [1.29, 1.82) is 0 Å². The van der Waals surface area contributed by atoms with Gasteiger partial charge in [0.1, 0.15) is 0 Å². The molecule has 0 unspecified atom stereocenters. The van der Waals surface area contributed by atoms with Crippen molar-refractivity contribution >= 4 is 17.3 Å². The van der Waals surface area contributed by atoms with Crippen LogP contribution in [0.4, 0.5) is 5.69 Å². The Kier molecular flexibility index (Phi) is 4.19. The molecular formula is C22H25ClN2O. The molecule has 2 aromatic carbocycles. The number of morpholine rings is 1. The average molecular weight is 369 g/mol. The summed E-state index contributed by atoms with van der Waals surface area (Å²) in [6, 6.07) is 15.7. The van der Waals surface area contributed by atoms with Crippen molar-refractivity contribution in [3.63, 3.8) is 0 Å². The molecule has 0 amide bonds. The summed E-state index contributed by atoms with van der Waals surface area (Å²) in [6.07, 6.45) is 2.39. The van der Waals surface area contributed by atoms with Gasteiger partial charge in [0.25, 0.3) is 0 Å². The molecule has 0 N–H and O–H groups in total. The van der Waals surface area contributed by atoms with E-state index < -0.39 is 0 Å². The first kappa shape index (κ1) is 16.6. The summed E-state index contributed by atoms with van der Waals surface area (Å²) in [6.45, 7) is 7.06. The van der Waals surface area contributed by atoms with Crippen molar-refractivity contribution in [2.45, 2.75) is 24.8 Å². The first-order chi connectivity index (χ1) is 12.7. The Bertz CT molecular complexity index is 790. The summed E-state index contributed by atoms with van der Waals surface area (Å²) < 4.78 is 5.52. The van der Waals surface area contributed by atoms with Crippen molar-refractivity contribution in [3.05, 3.63) is 64.2 Å². The van der Waals surface area contributed by atoms with E-state index in [0.29, 0.717) is 0 Å². The second-order valence-corrected chi connectivity index (χ2v) is 8.24. The number of halogens is 1. The molecule has 0 aromatic heterocycles. The summed E-state index contributed by atoms with van der Waals surface area (Å²) >= 11 is 6.16. The number of benzene rings is 2. The van der Waals surface area contributed by atoms with Gasteiger partial charge in [-0.1, -0.05) is 29.8 Å². The van der Waals surface area contributed by atoms with Crippen LogP contribution in [0.15, 0.2) is 42.5 Å². The normalized spacial score (nSPS) is 27.9. The van der Waals surface area contributed by atoms with Gasteiger partial charge in [-0.2, -0.15) is 0 Å². The molecule has 2 saturated heterocycles. The van der Waals surface area contributed by atoms with Crippen LogP contribution in [0.5, 0.6) is 0 Å². The zero-order chi connectivity index (χ0) is 17.6. The lowest BCUT2D eigenvalue weighted by atomic mass is 9.68. The summed E-state index contributed by atoms with van der Waals surface area (Å²) in [5.41, 5.74) is 5.93. The molecule has 2 fully saturated rings. The fraction of sp³-hybridized carbons (Fsp3) is 0.455. The maximum atomic E-state index is 6.16. The second-order valence-electron chi connectivity index (χ2n) is 7.81. The highest BCUT2D eigenvalue weighted by molar-refractivity contribution is 6.30. The highest BCUT2D eigenvalue weighted by Gasteiger charge is 2.42. The predicted molar refractivity (Wildman–Crippen MR) is 106 cm³/mol. The number of hydrogen-bond donors (Lipinski definition) is 0. The van der Waals surface area contributed by atoms with Crippen molar-refractivity contribution in [2.24, 2.45) is 0 Å². The molecule has 0 atom stereocenters. The Morgan fingerprint density at radius 3 is 2.35 bits per heavy atom. The Balaban J connectivity index is 1.59. The lowest BCUT2D eigenvalue weighted by Crippen LogP contribution is -2.39. The molecule has 4 aliphatic heterocycles. The number of anilines is 1. The molecule has 136 valence electrons. The van der Waals surface area contributed by atoms with E-state index in [1.165, 1.54) is 48.3 Å². The van der Waals surface area contributed by atoms with Crippen LogP contribution < -0.4 is 4.90 Å². The minimum absolute atomic E-state index is 0.135. The van der Waals surface area contributed by atoms with Crippen molar-refractivity contribution in [3.8, 4) is 0 Å². The van der Waals surface area contributed by atoms with E-state index in [1.807, 2.05) is 12.1 Å². The van der Waals surface area contributed by atoms with E-state index in [2.05, 4.69) is 40.1 Å². The molecule has 0 radical (unpaired) electrons. The number of ether oxygens (including phenoxy) is 1. The van der Waals surface area contributed by atoms with Crippen LogP contribution in [-0.2, 0) is 16.7 Å². The first-order valence-corrected chi connectivity index (χ1v) is 10.1. The number of nitrogens with zero attached hydrogens (tertiary/aromatic N) is 2. The monoisotopic (exact) mass is 368 g/mol. The lowest BCUT2D eigenvalue weighted by molar-refractivity contribution is 0.122. The van der Waals surface area contributed by atoms with Gasteiger partial charge in [-0.05, 0) is 66.9 Å². The summed E-state index contributed by atoms with van der Waals surface area (Å²) in [7, 11) is 0. The molecule has 4 aliphatic rings. The third-order valence-corrected chi connectivity index (χ3v) is 6.73. The fourth-order valence-corrected chi connectivity index (χ4v) is 5.14. The maximum absolute atomic E-state index is 6.16. The van der Waals surface area contributed by atoms with E-state index in [9.17, 15) is 0 Å². The first-order valence-electron chi connectivity index (χ1n) is 9.69. The van der Waals surface area contributed by atoms with E-state index in [1.54, 1.807) is 0 Å². The smallest absolute Gasteiger partial charge is 0.0642 e. The SMILES string of the molecule is Clc1ccc(C23CCN(CC2)Cc2cc(N4CCOCC4)ccc23)cc1. The molecule has 2 bridgehead atoms. The Morgan fingerprint density at radius 1 is 0.885 bits per heavy atom. The number of rotatable bonds is 2. The Labute approximate surface area is 160 Å². The van der Waals surface area contributed by atoms with Gasteiger partial charge in [-0.3, -0.25) is 4.90 Å². The molecule has 4 heterocycles. The lowest BCUT2D eigenvalue weighted by Gasteiger charge is -2.39. The van der Waals surface area contributed by atoms with Gasteiger partial charge >= 0.3 is 0 Å². The molecule has 6 rings (SSSR count). The molecule has 4 heteroatoms. The largest absolute Gasteiger partial charge is 0.378 e. The number of piperidine rings is 1. The van der Waals surface area contributed by atoms with Gasteiger partial charge in [0.2, 0.25) is 0 Å². The van der Waals surface area contributed by atoms with Crippen molar-refractivity contribution in [2.75, 3.05) is 44.3 Å². The summed E-state index contributed by atoms with van der Waals surface area (Å²) in [4.78, 5) is 5.07. The number of fused-ring (bicyclic) bond motifs is 2. The van der Waals surface area contributed by atoms with Gasteiger partial charge in [-0.25, -0.2) is 0 Å². The van der Waals surface area contributed by atoms with Gasteiger partial charge < -0.3 is 9.64 Å². The van der Waals surface area contributed by atoms with Crippen LogP contribution in [-0.4, -0.2) is 44.3 Å². The van der Waals surface area contributed by atoms with Crippen LogP contribution in [0.25, 0.3) is 0 Å². The minimum Gasteiger partial charge on any atom is -0.378 e. The third kappa shape index (κ3) is 2.74. The molecule has 26 heavy (non-hydrogen) atoms. The second kappa shape index (κ2) is 6.56.